The Hall–Kier alpha value is -3.27. The van der Waals surface area contributed by atoms with Gasteiger partial charge in [-0.25, -0.2) is 9.18 Å². The molecule has 0 spiro atoms. The molecule has 1 heterocycles. The summed E-state index contributed by atoms with van der Waals surface area (Å²) in [7, 11) is 2.80. The first-order chi connectivity index (χ1) is 13.6. The molecule has 0 aliphatic heterocycles. The molecule has 0 atom stereocenters. The predicted molar refractivity (Wildman–Crippen MR) is 108 cm³/mol. The lowest BCUT2D eigenvalue weighted by Crippen LogP contribution is -2.44. The van der Waals surface area contributed by atoms with E-state index in [0.29, 0.717) is 12.1 Å². The molecule has 0 radical (unpaired) electrons. The molecule has 0 saturated carbocycles. The van der Waals surface area contributed by atoms with Crippen molar-refractivity contribution in [1.82, 2.24) is 14.0 Å². The van der Waals surface area contributed by atoms with Crippen LogP contribution in [0.3, 0.4) is 0 Å². The number of nitrogens with one attached hydrogen (secondary N) is 1. The van der Waals surface area contributed by atoms with Crippen LogP contribution >= 0.6 is 0 Å². The normalized spacial score (nSPS) is 10.9. The second kappa shape index (κ2) is 9.28. The van der Waals surface area contributed by atoms with Gasteiger partial charge in [0.25, 0.3) is 5.56 Å². The molecule has 1 amide bonds. The summed E-state index contributed by atoms with van der Waals surface area (Å²) >= 11 is 0. The van der Waals surface area contributed by atoms with Crippen LogP contribution in [-0.2, 0) is 18.4 Å². The maximum absolute atomic E-state index is 13.2. The maximum Gasteiger partial charge on any atom is 0.332 e. The zero-order chi connectivity index (χ0) is 21.7. The monoisotopic (exact) mass is 405 g/mol. The first kappa shape index (κ1) is 22.0. The molecule has 1 aromatic heterocycles. The average molecular weight is 405 g/mol. The van der Waals surface area contributed by atoms with Crippen LogP contribution in [0.1, 0.15) is 23.7 Å². The minimum absolute atomic E-state index is 0.170. The number of nitrogens with two attached hydrogens (primary N) is 1. The van der Waals surface area contributed by atoms with E-state index in [2.05, 4.69) is 5.32 Å². The van der Waals surface area contributed by atoms with Crippen molar-refractivity contribution in [2.24, 2.45) is 7.05 Å². The number of hydrogen-bond donors (Lipinski definition) is 2. The number of nitrogens with zero attached hydrogens (tertiary/aromatic N) is 3. The number of anilines is 2. The second-order valence-electron chi connectivity index (χ2n) is 6.71. The van der Waals surface area contributed by atoms with Gasteiger partial charge in [0.2, 0.25) is 5.91 Å². The highest BCUT2D eigenvalue weighted by Crippen LogP contribution is 2.10. The SMILES string of the molecule is CCCn1c(N)c(C(=O)CN(C)CC(=O)Nc2cccc(F)c2)c(=O)n(C)c1=O. The van der Waals surface area contributed by atoms with Gasteiger partial charge in [-0.3, -0.25) is 28.4 Å². The largest absolute Gasteiger partial charge is 0.384 e. The number of nitrogen functional groups attached to an aromatic ring is 1. The van der Waals surface area contributed by atoms with Crippen LogP contribution in [0, 0.1) is 5.82 Å². The van der Waals surface area contributed by atoms with Crippen molar-refractivity contribution in [2.75, 3.05) is 31.2 Å². The molecular formula is C19H24FN5O4. The Kier molecular flexibility index (Phi) is 7.05. The van der Waals surface area contributed by atoms with E-state index in [1.165, 1.54) is 47.8 Å². The summed E-state index contributed by atoms with van der Waals surface area (Å²) < 4.78 is 15.2. The van der Waals surface area contributed by atoms with Gasteiger partial charge in [-0.15, -0.1) is 0 Å². The molecule has 2 rings (SSSR count). The van der Waals surface area contributed by atoms with Crippen molar-refractivity contribution >= 4 is 23.2 Å². The lowest BCUT2D eigenvalue weighted by atomic mass is 10.1. The fourth-order valence-electron chi connectivity index (χ4n) is 2.88. The number of rotatable bonds is 8. The van der Waals surface area contributed by atoms with Crippen molar-refractivity contribution in [2.45, 2.75) is 19.9 Å². The molecule has 10 heteroatoms. The standard InChI is InChI=1S/C19H24FN5O4/c1-4-8-25-17(21)16(18(28)24(3)19(25)29)14(26)10-23(2)11-15(27)22-13-7-5-6-12(20)9-13/h5-7,9H,4,8,10-11,21H2,1-3H3,(H,22,27). The van der Waals surface area contributed by atoms with E-state index in [1.807, 2.05) is 6.92 Å². The number of halogens is 1. The Balaban J connectivity index is 2.14. The summed E-state index contributed by atoms with van der Waals surface area (Å²) in [6, 6.07) is 5.42. The molecule has 2 aromatic rings. The molecule has 0 saturated heterocycles. The third-order valence-electron chi connectivity index (χ3n) is 4.24. The Labute approximate surface area is 166 Å². The molecule has 29 heavy (non-hydrogen) atoms. The number of carbonyl (C=O) groups is 2. The highest BCUT2D eigenvalue weighted by Gasteiger charge is 2.22. The fourth-order valence-corrected chi connectivity index (χ4v) is 2.88. The molecule has 156 valence electrons. The summed E-state index contributed by atoms with van der Waals surface area (Å²) in [5.41, 5.74) is 4.58. The number of carbonyl (C=O) groups excluding carboxylic acids is 2. The number of ketones is 1. The highest BCUT2D eigenvalue weighted by atomic mass is 19.1. The van der Waals surface area contributed by atoms with Crippen LogP contribution in [0.25, 0.3) is 0 Å². The Bertz CT molecular complexity index is 1040. The van der Waals surface area contributed by atoms with Gasteiger partial charge >= 0.3 is 5.69 Å². The minimum Gasteiger partial charge on any atom is -0.384 e. The number of Topliss-reactive ketones (excluding diaryl/α,β-unsaturated/α-hetero) is 1. The van der Waals surface area contributed by atoms with E-state index in [0.717, 1.165) is 4.57 Å². The van der Waals surface area contributed by atoms with E-state index in [4.69, 9.17) is 5.73 Å². The Morgan fingerprint density at radius 1 is 1.24 bits per heavy atom. The average Bonchev–Trinajstić information content (AvgIpc) is 2.63. The maximum atomic E-state index is 13.2. The van der Waals surface area contributed by atoms with Crippen molar-refractivity contribution in [3.05, 3.63) is 56.5 Å². The van der Waals surface area contributed by atoms with Gasteiger partial charge in [0.05, 0.1) is 13.1 Å². The fraction of sp³-hybridized carbons (Fsp3) is 0.368. The highest BCUT2D eigenvalue weighted by molar-refractivity contribution is 6.01. The van der Waals surface area contributed by atoms with E-state index < -0.39 is 28.8 Å². The number of aromatic nitrogens is 2. The first-order valence-electron chi connectivity index (χ1n) is 9.02. The zero-order valence-electron chi connectivity index (χ0n) is 16.6. The van der Waals surface area contributed by atoms with Gasteiger partial charge in [-0.05, 0) is 31.7 Å². The van der Waals surface area contributed by atoms with Gasteiger partial charge in [-0.1, -0.05) is 13.0 Å². The van der Waals surface area contributed by atoms with Gasteiger partial charge in [-0.2, -0.15) is 0 Å². The Morgan fingerprint density at radius 3 is 2.55 bits per heavy atom. The van der Waals surface area contributed by atoms with Crippen LogP contribution in [0.15, 0.2) is 33.9 Å². The van der Waals surface area contributed by atoms with Crippen LogP contribution in [0.5, 0.6) is 0 Å². The van der Waals surface area contributed by atoms with Gasteiger partial charge in [0, 0.05) is 19.3 Å². The summed E-state index contributed by atoms with van der Waals surface area (Å²) in [4.78, 5) is 50.8. The molecule has 0 fully saturated rings. The van der Waals surface area contributed by atoms with E-state index in [1.54, 1.807) is 0 Å². The van der Waals surface area contributed by atoms with Crippen LogP contribution in [0.4, 0.5) is 15.9 Å². The van der Waals surface area contributed by atoms with Crippen LogP contribution < -0.4 is 22.3 Å². The smallest absolute Gasteiger partial charge is 0.332 e. The molecule has 1 aromatic carbocycles. The van der Waals surface area contributed by atoms with E-state index in [-0.39, 0.29) is 31.0 Å². The quantitative estimate of drug-likeness (QED) is 0.615. The first-order valence-corrected chi connectivity index (χ1v) is 9.02. The van der Waals surface area contributed by atoms with Crippen LogP contribution in [-0.4, -0.2) is 45.9 Å². The molecule has 0 aliphatic rings. The number of benzene rings is 1. The van der Waals surface area contributed by atoms with Crippen molar-refractivity contribution in [1.29, 1.82) is 0 Å². The van der Waals surface area contributed by atoms with Crippen molar-refractivity contribution in [3.63, 3.8) is 0 Å². The molecule has 0 bridgehead atoms. The second-order valence-corrected chi connectivity index (χ2v) is 6.71. The summed E-state index contributed by atoms with van der Waals surface area (Å²) in [5.74, 6) is -1.72. The van der Waals surface area contributed by atoms with Gasteiger partial charge in [0.1, 0.15) is 17.2 Å². The minimum atomic E-state index is -0.775. The van der Waals surface area contributed by atoms with Gasteiger partial charge in [0.15, 0.2) is 5.78 Å². The van der Waals surface area contributed by atoms with E-state index in [9.17, 15) is 23.6 Å². The van der Waals surface area contributed by atoms with E-state index >= 15 is 0 Å². The summed E-state index contributed by atoms with van der Waals surface area (Å²) in [6.07, 6.45) is 0.593. The number of hydrogen-bond acceptors (Lipinski definition) is 6. The number of amides is 1. The summed E-state index contributed by atoms with van der Waals surface area (Å²) in [6.45, 7) is 1.67. The summed E-state index contributed by atoms with van der Waals surface area (Å²) in [5, 5.41) is 2.52. The topological polar surface area (TPSA) is 119 Å². The van der Waals surface area contributed by atoms with Gasteiger partial charge < -0.3 is 11.1 Å². The number of likely N-dealkylation sites (N-methyl/N-ethyl adjacent to an activating group) is 1. The van der Waals surface area contributed by atoms with Crippen molar-refractivity contribution < 1.29 is 14.0 Å². The molecule has 0 aliphatic carbocycles. The third kappa shape index (κ3) is 5.17. The zero-order valence-corrected chi connectivity index (χ0v) is 16.6. The molecule has 9 nitrogen and oxygen atoms in total. The predicted octanol–water partition coefficient (Wildman–Crippen LogP) is 0.432. The molecule has 3 N–H and O–H groups in total. The third-order valence-corrected chi connectivity index (χ3v) is 4.24. The lowest BCUT2D eigenvalue weighted by molar-refractivity contribution is -0.116. The Morgan fingerprint density at radius 2 is 1.93 bits per heavy atom. The van der Waals surface area contributed by atoms with Crippen molar-refractivity contribution in [3.8, 4) is 0 Å². The molecule has 0 unspecified atom stereocenters. The van der Waals surface area contributed by atoms with Crippen LogP contribution in [0.2, 0.25) is 0 Å². The molecular weight excluding hydrogens is 381 g/mol. The lowest BCUT2D eigenvalue weighted by Gasteiger charge is -2.17.